The van der Waals surface area contributed by atoms with Gasteiger partial charge in [0.15, 0.2) is 5.78 Å². The van der Waals surface area contributed by atoms with E-state index in [-0.39, 0.29) is 18.7 Å². The van der Waals surface area contributed by atoms with E-state index in [0.29, 0.717) is 5.56 Å². The number of hydrogen-bond acceptors (Lipinski definition) is 3. The van der Waals surface area contributed by atoms with Crippen LogP contribution in [0.4, 0.5) is 13.2 Å². The molecule has 2 N–H and O–H groups in total. The minimum Gasteiger partial charge on any atom is -0.347 e. The second kappa shape index (κ2) is 6.26. The van der Waals surface area contributed by atoms with Gasteiger partial charge in [-0.15, -0.1) is 0 Å². The number of amides is 1. The lowest BCUT2D eigenvalue weighted by Gasteiger charge is -2.12. The van der Waals surface area contributed by atoms with E-state index in [4.69, 9.17) is 0 Å². The van der Waals surface area contributed by atoms with E-state index >= 15 is 0 Å². The van der Waals surface area contributed by atoms with Gasteiger partial charge in [0, 0.05) is 12.1 Å². The summed E-state index contributed by atoms with van der Waals surface area (Å²) < 4.78 is 36.1. The van der Waals surface area contributed by atoms with Crippen molar-refractivity contribution in [3.8, 4) is 0 Å². The molecule has 0 saturated carbocycles. The summed E-state index contributed by atoms with van der Waals surface area (Å²) in [6, 6.07) is 8.05. The van der Waals surface area contributed by atoms with Crippen molar-refractivity contribution in [3.63, 3.8) is 0 Å². The molecule has 7 heteroatoms. The SMILES string of the molecule is O=C(NCC(F)(F)F)C1CNC(C(=O)c2ccccc2)C1. The fourth-order valence-electron chi connectivity index (χ4n) is 2.27. The maximum atomic E-state index is 12.2. The molecule has 1 aliphatic heterocycles. The molecule has 21 heavy (non-hydrogen) atoms. The zero-order valence-corrected chi connectivity index (χ0v) is 11.1. The third kappa shape index (κ3) is 4.29. The van der Waals surface area contributed by atoms with E-state index in [9.17, 15) is 22.8 Å². The van der Waals surface area contributed by atoms with Gasteiger partial charge < -0.3 is 10.6 Å². The number of hydrogen-bond donors (Lipinski definition) is 2. The lowest BCUT2D eigenvalue weighted by atomic mass is 9.98. The highest BCUT2D eigenvalue weighted by Crippen LogP contribution is 2.19. The molecule has 1 aromatic rings. The largest absolute Gasteiger partial charge is 0.405 e. The molecular weight excluding hydrogens is 285 g/mol. The first kappa shape index (κ1) is 15.5. The summed E-state index contributed by atoms with van der Waals surface area (Å²) in [4.78, 5) is 23.8. The van der Waals surface area contributed by atoms with Crippen LogP contribution in [0.15, 0.2) is 30.3 Å². The summed E-state index contributed by atoms with van der Waals surface area (Å²) in [5, 5.41) is 4.74. The summed E-state index contributed by atoms with van der Waals surface area (Å²) in [5.74, 6) is -1.45. The number of ketones is 1. The molecule has 0 radical (unpaired) electrons. The minimum atomic E-state index is -4.43. The molecule has 0 bridgehead atoms. The monoisotopic (exact) mass is 300 g/mol. The molecule has 2 unspecified atom stereocenters. The number of carbonyl (C=O) groups is 2. The molecular formula is C14H15F3N2O2. The fraction of sp³-hybridized carbons (Fsp3) is 0.429. The highest BCUT2D eigenvalue weighted by atomic mass is 19.4. The van der Waals surface area contributed by atoms with Gasteiger partial charge in [-0.25, -0.2) is 0 Å². The number of nitrogens with one attached hydrogen (secondary N) is 2. The summed E-state index contributed by atoms with van der Waals surface area (Å²) in [6.45, 7) is -1.15. The number of alkyl halides is 3. The predicted molar refractivity (Wildman–Crippen MR) is 69.7 cm³/mol. The fourth-order valence-corrected chi connectivity index (χ4v) is 2.27. The van der Waals surface area contributed by atoms with Crippen LogP contribution in [0.5, 0.6) is 0 Å². The standard InChI is InChI=1S/C14H15F3N2O2/c15-14(16,17)8-19-13(21)10-6-11(18-7-10)12(20)9-4-2-1-3-5-9/h1-5,10-11,18H,6-8H2,(H,19,21). The van der Waals surface area contributed by atoms with Crippen LogP contribution in [-0.4, -0.2) is 37.0 Å². The zero-order chi connectivity index (χ0) is 15.5. The quantitative estimate of drug-likeness (QED) is 0.829. The topological polar surface area (TPSA) is 58.2 Å². The Morgan fingerprint density at radius 2 is 1.90 bits per heavy atom. The first-order chi connectivity index (χ1) is 9.87. The first-order valence-corrected chi connectivity index (χ1v) is 6.54. The molecule has 1 fully saturated rings. The Balaban J connectivity index is 1.89. The molecule has 1 saturated heterocycles. The molecule has 0 aromatic heterocycles. The molecule has 114 valence electrons. The van der Waals surface area contributed by atoms with Crippen LogP contribution in [0.25, 0.3) is 0 Å². The van der Waals surface area contributed by atoms with E-state index in [2.05, 4.69) is 5.32 Å². The van der Waals surface area contributed by atoms with Crippen LogP contribution >= 0.6 is 0 Å². The van der Waals surface area contributed by atoms with Gasteiger partial charge in [0.25, 0.3) is 0 Å². The summed E-state index contributed by atoms with van der Waals surface area (Å²) in [5.41, 5.74) is 0.520. The number of Topliss-reactive ketones (excluding diaryl/α,β-unsaturated/α-hetero) is 1. The Hall–Kier alpha value is -1.89. The van der Waals surface area contributed by atoms with Crippen molar-refractivity contribution in [1.29, 1.82) is 0 Å². The van der Waals surface area contributed by atoms with E-state index < -0.39 is 30.6 Å². The lowest BCUT2D eigenvalue weighted by molar-refractivity contribution is -0.140. The molecule has 2 rings (SSSR count). The Bertz CT molecular complexity index is 517. The molecule has 0 aliphatic carbocycles. The zero-order valence-electron chi connectivity index (χ0n) is 11.1. The van der Waals surface area contributed by atoms with Gasteiger partial charge in [0.05, 0.1) is 12.0 Å². The van der Waals surface area contributed by atoms with Gasteiger partial charge in [-0.05, 0) is 6.42 Å². The molecule has 1 aromatic carbocycles. The number of carbonyl (C=O) groups excluding carboxylic acids is 2. The average Bonchev–Trinajstić information content (AvgIpc) is 2.94. The Labute approximate surface area is 119 Å². The Morgan fingerprint density at radius 3 is 2.52 bits per heavy atom. The summed E-state index contributed by atoms with van der Waals surface area (Å²) in [7, 11) is 0. The normalized spacial score (nSPS) is 22.0. The van der Waals surface area contributed by atoms with Crippen molar-refractivity contribution in [3.05, 3.63) is 35.9 Å². The smallest absolute Gasteiger partial charge is 0.347 e. The molecule has 0 spiro atoms. The first-order valence-electron chi connectivity index (χ1n) is 6.54. The Morgan fingerprint density at radius 1 is 1.24 bits per heavy atom. The minimum absolute atomic E-state index is 0.151. The summed E-state index contributed by atoms with van der Waals surface area (Å²) in [6.07, 6.45) is -4.22. The highest BCUT2D eigenvalue weighted by molar-refractivity contribution is 6.00. The predicted octanol–water partition coefficient (Wildman–Crippen LogP) is 1.53. The van der Waals surface area contributed by atoms with E-state index in [1.54, 1.807) is 30.3 Å². The van der Waals surface area contributed by atoms with Crippen LogP contribution in [0.3, 0.4) is 0 Å². The maximum absolute atomic E-state index is 12.2. The average molecular weight is 300 g/mol. The number of halogens is 3. The van der Waals surface area contributed by atoms with Crippen LogP contribution < -0.4 is 10.6 Å². The molecule has 4 nitrogen and oxygen atoms in total. The van der Waals surface area contributed by atoms with E-state index in [1.807, 2.05) is 5.32 Å². The maximum Gasteiger partial charge on any atom is 0.405 e. The van der Waals surface area contributed by atoms with Crippen molar-refractivity contribution in [2.24, 2.45) is 5.92 Å². The van der Waals surface area contributed by atoms with Crippen molar-refractivity contribution < 1.29 is 22.8 Å². The molecule has 1 amide bonds. The van der Waals surface area contributed by atoms with Gasteiger partial charge >= 0.3 is 6.18 Å². The van der Waals surface area contributed by atoms with Crippen molar-refractivity contribution in [1.82, 2.24) is 10.6 Å². The van der Waals surface area contributed by atoms with Gasteiger partial charge in [-0.2, -0.15) is 13.2 Å². The van der Waals surface area contributed by atoms with Crippen LogP contribution in [0.2, 0.25) is 0 Å². The van der Waals surface area contributed by atoms with Gasteiger partial charge in [-0.3, -0.25) is 9.59 Å². The lowest BCUT2D eigenvalue weighted by Crippen LogP contribution is -2.38. The van der Waals surface area contributed by atoms with Crippen LogP contribution in [-0.2, 0) is 4.79 Å². The molecule has 1 aliphatic rings. The second-order valence-electron chi connectivity index (χ2n) is 4.96. The number of benzene rings is 1. The van der Waals surface area contributed by atoms with E-state index in [0.717, 1.165) is 0 Å². The van der Waals surface area contributed by atoms with Crippen LogP contribution in [0.1, 0.15) is 16.8 Å². The third-order valence-corrected chi connectivity index (χ3v) is 3.34. The van der Waals surface area contributed by atoms with E-state index in [1.165, 1.54) is 0 Å². The number of rotatable bonds is 4. The molecule has 2 atom stereocenters. The third-order valence-electron chi connectivity index (χ3n) is 3.34. The van der Waals surface area contributed by atoms with Gasteiger partial charge in [0.2, 0.25) is 5.91 Å². The van der Waals surface area contributed by atoms with Gasteiger partial charge in [0.1, 0.15) is 6.54 Å². The second-order valence-corrected chi connectivity index (χ2v) is 4.96. The van der Waals surface area contributed by atoms with Crippen LogP contribution in [0, 0.1) is 5.92 Å². The van der Waals surface area contributed by atoms with Crippen molar-refractivity contribution in [2.45, 2.75) is 18.6 Å². The van der Waals surface area contributed by atoms with Gasteiger partial charge in [-0.1, -0.05) is 30.3 Å². The van der Waals surface area contributed by atoms with Crippen molar-refractivity contribution >= 4 is 11.7 Å². The Kier molecular flexibility index (Phi) is 4.62. The van der Waals surface area contributed by atoms with Crippen molar-refractivity contribution in [2.75, 3.05) is 13.1 Å². The highest BCUT2D eigenvalue weighted by Gasteiger charge is 2.35. The molecule has 1 heterocycles. The summed E-state index contributed by atoms with van der Waals surface area (Å²) >= 11 is 0.